The number of hydrogen-bond donors (Lipinski definition) is 2. The molecular formula is C22H19Br2ClN2O2. The number of ether oxygens (including phenoxy) is 1. The fourth-order valence-electron chi connectivity index (χ4n) is 2.62. The monoisotopic (exact) mass is 536 g/mol. The van der Waals surface area contributed by atoms with Crippen LogP contribution in [0, 0.1) is 6.92 Å². The number of anilines is 2. The summed E-state index contributed by atoms with van der Waals surface area (Å²) in [5.74, 6) is 0.354. The third-order valence-corrected chi connectivity index (χ3v) is 5.72. The highest BCUT2D eigenvalue weighted by atomic mass is 79.9. The molecule has 0 bridgehead atoms. The molecule has 0 aliphatic carbocycles. The molecule has 0 radical (unpaired) electrons. The largest absolute Gasteiger partial charge is 0.481 e. The molecule has 3 aromatic rings. The molecule has 29 heavy (non-hydrogen) atoms. The smallest absolute Gasteiger partial charge is 0.262 e. The lowest BCUT2D eigenvalue weighted by atomic mass is 10.2. The molecule has 0 heterocycles. The van der Waals surface area contributed by atoms with Crippen molar-refractivity contribution in [2.45, 2.75) is 13.5 Å². The first kappa shape index (κ1) is 21.7. The molecule has 0 spiro atoms. The first-order chi connectivity index (χ1) is 13.9. The zero-order chi connectivity index (χ0) is 20.8. The second-order valence-electron chi connectivity index (χ2n) is 6.41. The number of benzene rings is 3. The Labute approximate surface area is 191 Å². The molecule has 0 fully saturated rings. The Kier molecular flexibility index (Phi) is 7.58. The molecule has 0 aromatic heterocycles. The SMILES string of the molecule is Cc1ccc(NCc2cc(Br)c(OCC(=O)Nc3ccccc3)c(Br)c2)cc1Cl. The standard InChI is InChI=1S/C22H19Br2ClN2O2/c1-14-7-8-17(11-20(14)25)26-12-15-9-18(23)22(19(24)10-15)29-13-21(28)27-16-5-3-2-4-6-16/h2-11,26H,12-13H2,1H3,(H,27,28). The molecule has 0 atom stereocenters. The molecule has 0 saturated heterocycles. The van der Waals surface area contributed by atoms with Gasteiger partial charge in [-0.05, 0) is 86.3 Å². The van der Waals surface area contributed by atoms with E-state index in [2.05, 4.69) is 42.5 Å². The van der Waals surface area contributed by atoms with Gasteiger partial charge in [-0.25, -0.2) is 0 Å². The molecular weight excluding hydrogens is 520 g/mol. The van der Waals surface area contributed by atoms with Gasteiger partial charge in [-0.3, -0.25) is 4.79 Å². The van der Waals surface area contributed by atoms with Crippen molar-refractivity contribution in [1.82, 2.24) is 0 Å². The zero-order valence-corrected chi connectivity index (χ0v) is 19.6. The molecule has 150 valence electrons. The highest BCUT2D eigenvalue weighted by Gasteiger charge is 2.12. The van der Waals surface area contributed by atoms with E-state index in [1.165, 1.54) is 0 Å². The average Bonchev–Trinajstić information content (AvgIpc) is 2.69. The summed E-state index contributed by atoms with van der Waals surface area (Å²) in [5.41, 5.74) is 3.77. The average molecular weight is 539 g/mol. The van der Waals surface area contributed by atoms with Gasteiger partial charge in [0.1, 0.15) is 5.75 Å². The minimum absolute atomic E-state index is 0.0917. The van der Waals surface area contributed by atoms with Gasteiger partial charge in [0.05, 0.1) is 8.95 Å². The maximum absolute atomic E-state index is 12.1. The van der Waals surface area contributed by atoms with Gasteiger partial charge in [0, 0.05) is 22.9 Å². The first-order valence-corrected chi connectivity index (χ1v) is 10.8. The number of halogens is 3. The van der Waals surface area contributed by atoms with Crippen LogP contribution in [0.3, 0.4) is 0 Å². The van der Waals surface area contributed by atoms with Gasteiger partial charge in [-0.1, -0.05) is 35.9 Å². The molecule has 1 amide bonds. The fraction of sp³-hybridized carbons (Fsp3) is 0.136. The van der Waals surface area contributed by atoms with Crippen LogP contribution < -0.4 is 15.4 Å². The van der Waals surface area contributed by atoms with E-state index in [4.69, 9.17) is 16.3 Å². The highest BCUT2D eigenvalue weighted by Crippen LogP contribution is 2.35. The van der Waals surface area contributed by atoms with Crippen molar-refractivity contribution in [3.05, 3.63) is 85.8 Å². The third-order valence-electron chi connectivity index (χ3n) is 4.13. The summed E-state index contributed by atoms with van der Waals surface area (Å²) in [6.07, 6.45) is 0. The summed E-state index contributed by atoms with van der Waals surface area (Å²) >= 11 is 13.2. The van der Waals surface area contributed by atoms with Crippen LogP contribution in [0.4, 0.5) is 11.4 Å². The van der Waals surface area contributed by atoms with E-state index >= 15 is 0 Å². The van der Waals surface area contributed by atoms with Gasteiger partial charge in [0.15, 0.2) is 6.61 Å². The van der Waals surface area contributed by atoms with Crippen molar-refractivity contribution in [2.24, 2.45) is 0 Å². The number of carbonyl (C=O) groups excluding carboxylic acids is 1. The quantitative estimate of drug-likeness (QED) is 0.348. The van der Waals surface area contributed by atoms with Gasteiger partial charge in [-0.2, -0.15) is 0 Å². The van der Waals surface area contributed by atoms with E-state index < -0.39 is 0 Å². The molecule has 0 aliphatic rings. The number of carbonyl (C=O) groups is 1. The Hall–Kier alpha value is -2.02. The van der Waals surface area contributed by atoms with Crippen molar-refractivity contribution >= 4 is 60.7 Å². The summed E-state index contributed by atoms with van der Waals surface area (Å²) < 4.78 is 7.23. The lowest BCUT2D eigenvalue weighted by Gasteiger charge is -2.13. The molecule has 3 aromatic carbocycles. The summed E-state index contributed by atoms with van der Waals surface area (Å²) in [7, 11) is 0. The summed E-state index contributed by atoms with van der Waals surface area (Å²) in [6.45, 7) is 2.50. The predicted molar refractivity (Wildman–Crippen MR) is 126 cm³/mol. The van der Waals surface area contributed by atoms with E-state index in [-0.39, 0.29) is 12.5 Å². The van der Waals surface area contributed by atoms with Crippen molar-refractivity contribution in [2.75, 3.05) is 17.2 Å². The number of amides is 1. The Morgan fingerprint density at radius 3 is 2.34 bits per heavy atom. The summed E-state index contributed by atoms with van der Waals surface area (Å²) in [5, 5.41) is 6.87. The third kappa shape index (κ3) is 6.23. The number of aryl methyl sites for hydroxylation is 1. The maximum atomic E-state index is 12.1. The van der Waals surface area contributed by atoms with Crippen LogP contribution in [-0.4, -0.2) is 12.5 Å². The van der Waals surface area contributed by atoms with Crippen molar-refractivity contribution in [3.8, 4) is 5.75 Å². The molecule has 4 nitrogen and oxygen atoms in total. The van der Waals surface area contributed by atoms with E-state index in [1.54, 1.807) is 0 Å². The minimum atomic E-state index is -0.225. The number of rotatable bonds is 7. The number of para-hydroxylation sites is 1. The van der Waals surface area contributed by atoms with Crippen molar-refractivity contribution in [1.29, 1.82) is 0 Å². The highest BCUT2D eigenvalue weighted by molar-refractivity contribution is 9.11. The second-order valence-corrected chi connectivity index (χ2v) is 8.52. The summed E-state index contributed by atoms with van der Waals surface area (Å²) in [4.78, 5) is 12.1. The van der Waals surface area contributed by atoms with Crippen molar-refractivity contribution < 1.29 is 9.53 Å². The van der Waals surface area contributed by atoms with Gasteiger partial charge in [0.2, 0.25) is 0 Å². The van der Waals surface area contributed by atoms with Gasteiger partial charge in [-0.15, -0.1) is 0 Å². The molecule has 0 aliphatic heterocycles. The number of nitrogens with one attached hydrogen (secondary N) is 2. The van der Waals surface area contributed by atoms with E-state index in [9.17, 15) is 4.79 Å². The maximum Gasteiger partial charge on any atom is 0.262 e. The Morgan fingerprint density at radius 1 is 1.00 bits per heavy atom. The Morgan fingerprint density at radius 2 is 1.69 bits per heavy atom. The van der Waals surface area contributed by atoms with Gasteiger partial charge >= 0.3 is 0 Å². The summed E-state index contributed by atoms with van der Waals surface area (Å²) in [6, 6.07) is 19.1. The van der Waals surface area contributed by atoms with Gasteiger partial charge in [0.25, 0.3) is 5.91 Å². The van der Waals surface area contributed by atoms with E-state index in [0.717, 1.165) is 36.5 Å². The zero-order valence-electron chi connectivity index (χ0n) is 15.6. The topological polar surface area (TPSA) is 50.4 Å². The Balaban J connectivity index is 1.59. The molecule has 3 rings (SSSR count). The van der Waals surface area contributed by atoms with Crippen LogP contribution in [-0.2, 0) is 11.3 Å². The van der Waals surface area contributed by atoms with Crippen LogP contribution in [0.2, 0.25) is 5.02 Å². The molecule has 0 saturated carbocycles. The Bertz CT molecular complexity index is 990. The first-order valence-electron chi connectivity index (χ1n) is 8.88. The normalized spacial score (nSPS) is 10.5. The number of hydrogen-bond acceptors (Lipinski definition) is 3. The van der Waals surface area contributed by atoms with Crippen LogP contribution in [0.25, 0.3) is 0 Å². The van der Waals surface area contributed by atoms with Crippen LogP contribution in [0.1, 0.15) is 11.1 Å². The molecule has 0 unspecified atom stereocenters. The molecule has 7 heteroatoms. The van der Waals surface area contributed by atoms with Crippen LogP contribution in [0.15, 0.2) is 69.6 Å². The van der Waals surface area contributed by atoms with Crippen LogP contribution in [0.5, 0.6) is 5.75 Å². The molecule has 2 N–H and O–H groups in total. The van der Waals surface area contributed by atoms with Gasteiger partial charge < -0.3 is 15.4 Å². The predicted octanol–water partition coefficient (Wildman–Crippen LogP) is 6.80. The van der Waals surface area contributed by atoms with E-state index in [1.807, 2.05) is 67.6 Å². The van der Waals surface area contributed by atoms with E-state index in [0.29, 0.717) is 12.3 Å². The lowest BCUT2D eigenvalue weighted by Crippen LogP contribution is -2.20. The minimum Gasteiger partial charge on any atom is -0.481 e. The fourth-order valence-corrected chi connectivity index (χ4v) is 4.31. The second kappa shape index (κ2) is 10.1. The van der Waals surface area contributed by atoms with Crippen LogP contribution >= 0.6 is 43.5 Å². The van der Waals surface area contributed by atoms with Crippen molar-refractivity contribution in [3.63, 3.8) is 0 Å². The lowest BCUT2D eigenvalue weighted by molar-refractivity contribution is -0.118.